The number of halogens is 1. The molecule has 0 saturated carbocycles. The Morgan fingerprint density at radius 1 is 1.19 bits per heavy atom. The fourth-order valence-corrected chi connectivity index (χ4v) is 2.07. The van der Waals surface area contributed by atoms with Gasteiger partial charge in [-0.25, -0.2) is 9.59 Å². The maximum absolute atomic E-state index is 13.3. The number of rotatable bonds is 5. The average molecular weight is 319 g/mol. The molecule has 116 valence electrons. The summed E-state index contributed by atoms with van der Waals surface area (Å²) in [6, 6.07) is 4.80. The first-order valence-electron chi connectivity index (χ1n) is 6.00. The van der Waals surface area contributed by atoms with Crippen LogP contribution in [0.1, 0.15) is 24.2 Å². The SMILES string of the molecule is CCOC(=O)c1cccc(N(C(=O)OCC)S(=O)(=O)F)c1. The van der Waals surface area contributed by atoms with E-state index in [-0.39, 0.29) is 28.8 Å². The molecule has 0 unspecified atom stereocenters. The molecule has 0 bridgehead atoms. The van der Waals surface area contributed by atoms with Crippen molar-refractivity contribution in [3.05, 3.63) is 29.8 Å². The molecular formula is C12H14FNO6S. The fraction of sp³-hybridized carbons (Fsp3) is 0.333. The molecule has 1 rings (SSSR count). The van der Waals surface area contributed by atoms with E-state index in [4.69, 9.17) is 4.74 Å². The van der Waals surface area contributed by atoms with Gasteiger partial charge in [-0.3, -0.25) is 0 Å². The molecule has 0 aromatic heterocycles. The van der Waals surface area contributed by atoms with Crippen LogP contribution in [0, 0.1) is 0 Å². The third kappa shape index (κ3) is 4.42. The summed E-state index contributed by atoms with van der Waals surface area (Å²) in [6.45, 7) is 3.02. The fourth-order valence-electron chi connectivity index (χ4n) is 1.48. The number of nitrogens with zero attached hydrogens (tertiary/aromatic N) is 1. The van der Waals surface area contributed by atoms with Crippen LogP contribution in [0.3, 0.4) is 0 Å². The molecule has 21 heavy (non-hydrogen) atoms. The van der Waals surface area contributed by atoms with Gasteiger partial charge in [-0.1, -0.05) is 9.95 Å². The highest BCUT2D eigenvalue weighted by molar-refractivity contribution is 7.88. The zero-order valence-electron chi connectivity index (χ0n) is 11.4. The highest BCUT2D eigenvalue weighted by Gasteiger charge is 2.31. The van der Waals surface area contributed by atoms with Gasteiger partial charge in [0.15, 0.2) is 0 Å². The lowest BCUT2D eigenvalue weighted by Gasteiger charge is -2.17. The van der Waals surface area contributed by atoms with Crippen LogP contribution in [-0.4, -0.2) is 33.7 Å². The van der Waals surface area contributed by atoms with Crippen LogP contribution < -0.4 is 4.31 Å². The molecule has 1 aromatic rings. The van der Waals surface area contributed by atoms with Crippen LogP contribution in [0.5, 0.6) is 0 Å². The Balaban J connectivity index is 3.24. The van der Waals surface area contributed by atoms with E-state index >= 15 is 0 Å². The minimum absolute atomic E-state index is 0.0210. The third-order valence-electron chi connectivity index (χ3n) is 2.24. The highest BCUT2D eigenvalue weighted by Crippen LogP contribution is 2.22. The first kappa shape index (κ1) is 16.9. The van der Waals surface area contributed by atoms with E-state index in [9.17, 15) is 21.9 Å². The van der Waals surface area contributed by atoms with E-state index in [0.717, 1.165) is 12.1 Å². The van der Waals surface area contributed by atoms with Gasteiger partial charge in [0.05, 0.1) is 24.5 Å². The Morgan fingerprint density at radius 2 is 1.81 bits per heavy atom. The van der Waals surface area contributed by atoms with E-state index in [1.807, 2.05) is 0 Å². The Labute approximate surface area is 121 Å². The summed E-state index contributed by atoms with van der Waals surface area (Å²) < 4.78 is 44.5. The number of carbonyl (C=O) groups excluding carboxylic acids is 2. The number of carbonyl (C=O) groups is 2. The predicted molar refractivity (Wildman–Crippen MR) is 71.9 cm³/mol. The van der Waals surface area contributed by atoms with E-state index in [2.05, 4.69) is 4.74 Å². The number of esters is 1. The Kier molecular flexibility index (Phi) is 5.65. The van der Waals surface area contributed by atoms with Gasteiger partial charge in [-0.2, -0.15) is 8.42 Å². The number of hydrogen-bond donors (Lipinski definition) is 0. The smallest absolute Gasteiger partial charge is 0.430 e. The van der Waals surface area contributed by atoms with Gasteiger partial charge in [0, 0.05) is 0 Å². The van der Waals surface area contributed by atoms with E-state index in [0.29, 0.717) is 0 Å². The quantitative estimate of drug-likeness (QED) is 0.609. The highest BCUT2D eigenvalue weighted by atomic mass is 32.3. The van der Waals surface area contributed by atoms with Crippen molar-refractivity contribution >= 4 is 28.2 Å². The van der Waals surface area contributed by atoms with Gasteiger partial charge in [0.1, 0.15) is 0 Å². The summed E-state index contributed by atoms with van der Waals surface area (Å²) in [5.74, 6) is -0.723. The molecule has 7 nitrogen and oxygen atoms in total. The van der Waals surface area contributed by atoms with E-state index < -0.39 is 22.5 Å². The lowest BCUT2D eigenvalue weighted by atomic mass is 10.2. The van der Waals surface area contributed by atoms with Crippen molar-refractivity contribution in [1.29, 1.82) is 0 Å². The zero-order valence-corrected chi connectivity index (χ0v) is 12.2. The Bertz CT molecular complexity index is 630. The zero-order chi connectivity index (χ0) is 16.0. The Hall–Kier alpha value is -2.16. The van der Waals surface area contributed by atoms with Gasteiger partial charge in [-0.15, -0.1) is 4.31 Å². The molecule has 1 aromatic carbocycles. The maximum Gasteiger partial charge on any atom is 0.430 e. The first-order valence-corrected chi connectivity index (χ1v) is 7.34. The van der Waals surface area contributed by atoms with Crippen LogP contribution in [0.15, 0.2) is 24.3 Å². The van der Waals surface area contributed by atoms with E-state index in [1.165, 1.54) is 19.1 Å². The summed E-state index contributed by atoms with van der Waals surface area (Å²) in [4.78, 5) is 23.1. The van der Waals surface area contributed by atoms with Crippen molar-refractivity contribution in [2.45, 2.75) is 13.8 Å². The molecule has 9 heteroatoms. The number of hydrogen-bond acceptors (Lipinski definition) is 6. The van der Waals surface area contributed by atoms with Crippen molar-refractivity contribution in [3.63, 3.8) is 0 Å². The maximum atomic E-state index is 13.3. The molecule has 0 heterocycles. The molecule has 0 saturated heterocycles. The van der Waals surface area contributed by atoms with Crippen LogP contribution in [0.4, 0.5) is 14.4 Å². The number of benzene rings is 1. The monoisotopic (exact) mass is 319 g/mol. The normalized spacial score (nSPS) is 10.8. The summed E-state index contributed by atoms with van der Waals surface area (Å²) in [6.07, 6.45) is -1.40. The predicted octanol–water partition coefficient (Wildman–Crippen LogP) is 2.04. The van der Waals surface area contributed by atoms with Crippen molar-refractivity contribution in [3.8, 4) is 0 Å². The molecule has 0 N–H and O–H groups in total. The van der Waals surface area contributed by atoms with Crippen LogP contribution in [-0.2, 0) is 19.9 Å². The second-order valence-corrected chi connectivity index (χ2v) is 4.87. The summed E-state index contributed by atoms with van der Waals surface area (Å²) >= 11 is 0. The van der Waals surface area contributed by atoms with Crippen LogP contribution >= 0.6 is 0 Å². The van der Waals surface area contributed by atoms with Crippen LogP contribution in [0.2, 0.25) is 0 Å². The number of amides is 1. The van der Waals surface area contributed by atoms with Crippen LogP contribution in [0.25, 0.3) is 0 Å². The standard InChI is InChI=1S/C12H14FNO6S/c1-3-19-11(15)9-6-5-7-10(8-9)14(21(13,17)18)12(16)20-4-2/h5-8H,3-4H2,1-2H3. The molecule has 1 amide bonds. The van der Waals surface area contributed by atoms with E-state index in [1.54, 1.807) is 6.92 Å². The van der Waals surface area contributed by atoms with Gasteiger partial charge in [-0.05, 0) is 32.0 Å². The molecule has 0 aliphatic carbocycles. The van der Waals surface area contributed by atoms with Gasteiger partial charge in [0.2, 0.25) is 0 Å². The third-order valence-corrected chi connectivity index (χ3v) is 3.04. The number of ether oxygens (including phenoxy) is 2. The summed E-state index contributed by atoms with van der Waals surface area (Å²) in [5, 5.41) is 0. The van der Waals surface area contributed by atoms with Gasteiger partial charge < -0.3 is 9.47 Å². The first-order chi connectivity index (χ1) is 9.81. The van der Waals surface area contributed by atoms with Crippen molar-refractivity contribution < 1.29 is 31.4 Å². The lowest BCUT2D eigenvalue weighted by molar-refractivity contribution is 0.0526. The van der Waals surface area contributed by atoms with Crippen molar-refractivity contribution in [2.75, 3.05) is 17.5 Å². The molecule has 0 aliphatic rings. The molecule has 0 fully saturated rings. The molecule has 0 atom stereocenters. The number of anilines is 1. The van der Waals surface area contributed by atoms with Crippen molar-refractivity contribution in [1.82, 2.24) is 0 Å². The largest absolute Gasteiger partial charge is 0.462 e. The summed E-state index contributed by atoms with van der Waals surface area (Å²) in [5.41, 5.74) is -0.381. The van der Waals surface area contributed by atoms with Gasteiger partial charge in [0.25, 0.3) is 0 Å². The van der Waals surface area contributed by atoms with Crippen molar-refractivity contribution in [2.24, 2.45) is 0 Å². The minimum atomic E-state index is -5.39. The average Bonchev–Trinajstić information content (AvgIpc) is 2.38. The Morgan fingerprint density at radius 3 is 2.33 bits per heavy atom. The second kappa shape index (κ2) is 7.02. The molecule has 0 radical (unpaired) electrons. The second-order valence-electron chi connectivity index (χ2n) is 3.68. The lowest BCUT2D eigenvalue weighted by Crippen LogP contribution is -2.35. The molecule has 0 aliphatic heterocycles. The minimum Gasteiger partial charge on any atom is -0.462 e. The van der Waals surface area contributed by atoms with Gasteiger partial charge >= 0.3 is 22.5 Å². The molecular weight excluding hydrogens is 305 g/mol. The topological polar surface area (TPSA) is 90.0 Å². The summed E-state index contributed by atoms with van der Waals surface area (Å²) in [7, 11) is -5.39. The molecule has 0 spiro atoms.